The Hall–Kier alpha value is -0.570. The molecule has 0 aromatic heterocycles. The van der Waals surface area contributed by atoms with Crippen LogP contribution in [0.4, 0.5) is 0 Å². The molecule has 0 amide bonds. The summed E-state index contributed by atoms with van der Waals surface area (Å²) in [5.74, 6) is 0.523. The number of rotatable bonds is 2. The standard InChI is InChI=1S/C8H15NO2/c1-6(2)3-7-5-11-8(10)4-9-7/h6-7,9H,3-5H2,1-2H3/t7-/m0/s1. The molecule has 0 unspecified atom stereocenters. The zero-order valence-corrected chi connectivity index (χ0v) is 7.09. The molecule has 0 aromatic carbocycles. The van der Waals surface area contributed by atoms with Gasteiger partial charge in [-0.1, -0.05) is 13.8 Å². The van der Waals surface area contributed by atoms with Crippen molar-refractivity contribution in [3.8, 4) is 0 Å². The molecule has 0 saturated carbocycles. The fourth-order valence-corrected chi connectivity index (χ4v) is 1.25. The highest BCUT2D eigenvalue weighted by atomic mass is 16.5. The van der Waals surface area contributed by atoms with Crippen LogP contribution >= 0.6 is 0 Å². The first-order valence-corrected chi connectivity index (χ1v) is 4.07. The molecule has 1 aliphatic rings. The van der Waals surface area contributed by atoms with E-state index in [-0.39, 0.29) is 5.97 Å². The second kappa shape index (κ2) is 3.72. The summed E-state index contributed by atoms with van der Waals surface area (Å²) < 4.78 is 4.89. The van der Waals surface area contributed by atoms with Gasteiger partial charge < -0.3 is 10.1 Å². The summed E-state index contributed by atoms with van der Waals surface area (Å²) in [4.78, 5) is 10.6. The lowest BCUT2D eigenvalue weighted by Gasteiger charge is -2.24. The van der Waals surface area contributed by atoms with Crippen LogP contribution in [-0.2, 0) is 9.53 Å². The molecule has 3 heteroatoms. The van der Waals surface area contributed by atoms with Gasteiger partial charge in [0.15, 0.2) is 0 Å². The quantitative estimate of drug-likeness (QED) is 0.595. The molecule has 1 heterocycles. The first kappa shape index (κ1) is 8.53. The summed E-state index contributed by atoms with van der Waals surface area (Å²) in [5.41, 5.74) is 0. The van der Waals surface area contributed by atoms with E-state index in [1.165, 1.54) is 0 Å². The van der Waals surface area contributed by atoms with Crippen LogP contribution in [0.5, 0.6) is 0 Å². The van der Waals surface area contributed by atoms with E-state index in [0.717, 1.165) is 6.42 Å². The minimum absolute atomic E-state index is 0.134. The molecule has 0 radical (unpaired) electrons. The summed E-state index contributed by atoms with van der Waals surface area (Å²) in [6.07, 6.45) is 1.08. The molecular formula is C8H15NO2. The molecule has 11 heavy (non-hydrogen) atoms. The molecule has 3 nitrogen and oxygen atoms in total. The van der Waals surface area contributed by atoms with Gasteiger partial charge in [0.2, 0.25) is 0 Å². The number of carbonyl (C=O) groups excluding carboxylic acids is 1. The highest BCUT2D eigenvalue weighted by molar-refractivity contribution is 5.72. The average molecular weight is 157 g/mol. The largest absolute Gasteiger partial charge is 0.463 e. The van der Waals surface area contributed by atoms with Crippen molar-refractivity contribution in [3.05, 3.63) is 0 Å². The maximum atomic E-state index is 10.6. The minimum Gasteiger partial charge on any atom is -0.463 e. The number of hydrogen-bond donors (Lipinski definition) is 1. The molecule has 1 fully saturated rings. The van der Waals surface area contributed by atoms with Crippen LogP contribution in [-0.4, -0.2) is 25.2 Å². The van der Waals surface area contributed by atoms with Crippen LogP contribution in [0.25, 0.3) is 0 Å². The van der Waals surface area contributed by atoms with Crippen molar-refractivity contribution >= 4 is 5.97 Å². The predicted molar refractivity (Wildman–Crippen MR) is 42.2 cm³/mol. The Labute approximate surface area is 67.1 Å². The van der Waals surface area contributed by atoms with Crippen molar-refractivity contribution in [3.63, 3.8) is 0 Å². The highest BCUT2D eigenvalue weighted by Gasteiger charge is 2.18. The monoisotopic (exact) mass is 157 g/mol. The molecule has 1 aliphatic heterocycles. The third kappa shape index (κ3) is 2.89. The Morgan fingerprint density at radius 3 is 2.91 bits per heavy atom. The lowest BCUT2D eigenvalue weighted by atomic mass is 10.0. The Bertz CT molecular complexity index is 135. The number of cyclic esters (lactones) is 1. The van der Waals surface area contributed by atoms with Gasteiger partial charge in [0.1, 0.15) is 6.61 Å². The fourth-order valence-electron chi connectivity index (χ4n) is 1.25. The summed E-state index contributed by atoms with van der Waals surface area (Å²) in [7, 11) is 0. The second-order valence-electron chi connectivity index (χ2n) is 3.39. The number of nitrogens with one attached hydrogen (secondary N) is 1. The molecule has 1 N–H and O–H groups in total. The lowest BCUT2D eigenvalue weighted by Crippen LogP contribution is -2.44. The van der Waals surface area contributed by atoms with Crippen molar-refractivity contribution in [1.29, 1.82) is 0 Å². The smallest absolute Gasteiger partial charge is 0.319 e. The van der Waals surface area contributed by atoms with Crippen LogP contribution < -0.4 is 5.32 Å². The zero-order chi connectivity index (χ0) is 8.27. The van der Waals surface area contributed by atoms with E-state index in [1.807, 2.05) is 0 Å². The maximum Gasteiger partial charge on any atom is 0.319 e. The second-order valence-corrected chi connectivity index (χ2v) is 3.39. The van der Waals surface area contributed by atoms with Gasteiger partial charge in [0, 0.05) is 6.04 Å². The Kier molecular flexibility index (Phi) is 2.88. The highest BCUT2D eigenvalue weighted by Crippen LogP contribution is 2.07. The van der Waals surface area contributed by atoms with E-state index < -0.39 is 0 Å². The molecule has 1 saturated heterocycles. The average Bonchev–Trinajstić information content (AvgIpc) is 1.93. The van der Waals surface area contributed by atoms with Gasteiger partial charge in [0.05, 0.1) is 6.54 Å². The van der Waals surface area contributed by atoms with E-state index in [1.54, 1.807) is 0 Å². The minimum atomic E-state index is -0.134. The summed E-state index contributed by atoms with van der Waals surface area (Å²) in [6.45, 7) is 5.24. The van der Waals surface area contributed by atoms with E-state index in [2.05, 4.69) is 19.2 Å². The van der Waals surface area contributed by atoms with Crippen LogP contribution in [0, 0.1) is 5.92 Å². The van der Waals surface area contributed by atoms with E-state index in [9.17, 15) is 4.79 Å². The predicted octanol–water partition coefficient (Wildman–Crippen LogP) is 0.547. The number of esters is 1. The summed E-state index contributed by atoms with van der Waals surface area (Å²) >= 11 is 0. The molecule has 0 aliphatic carbocycles. The number of carbonyl (C=O) groups is 1. The van der Waals surface area contributed by atoms with Crippen molar-refractivity contribution < 1.29 is 9.53 Å². The summed E-state index contributed by atoms with van der Waals surface area (Å²) in [6, 6.07) is 0.368. The first-order valence-electron chi connectivity index (χ1n) is 4.07. The molecule has 1 rings (SSSR count). The van der Waals surface area contributed by atoms with Crippen molar-refractivity contribution in [1.82, 2.24) is 5.32 Å². The molecular weight excluding hydrogens is 142 g/mol. The Balaban J connectivity index is 2.22. The van der Waals surface area contributed by atoms with Crippen LogP contribution in [0.1, 0.15) is 20.3 Å². The third-order valence-corrected chi connectivity index (χ3v) is 1.74. The van der Waals surface area contributed by atoms with Crippen LogP contribution in [0.15, 0.2) is 0 Å². The van der Waals surface area contributed by atoms with E-state index >= 15 is 0 Å². The van der Waals surface area contributed by atoms with Gasteiger partial charge in [0.25, 0.3) is 0 Å². The van der Waals surface area contributed by atoms with Crippen molar-refractivity contribution in [2.24, 2.45) is 5.92 Å². The van der Waals surface area contributed by atoms with Crippen LogP contribution in [0.2, 0.25) is 0 Å². The first-order chi connectivity index (χ1) is 5.18. The number of hydrogen-bond acceptors (Lipinski definition) is 3. The molecule has 64 valence electrons. The Morgan fingerprint density at radius 1 is 1.73 bits per heavy atom. The Morgan fingerprint density at radius 2 is 2.45 bits per heavy atom. The topological polar surface area (TPSA) is 38.3 Å². The molecule has 1 atom stereocenters. The number of ether oxygens (including phenoxy) is 1. The molecule has 0 bridgehead atoms. The molecule has 0 aromatic rings. The fraction of sp³-hybridized carbons (Fsp3) is 0.875. The van der Waals surface area contributed by atoms with Gasteiger partial charge in [-0.15, -0.1) is 0 Å². The van der Waals surface area contributed by atoms with Crippen molar-refractivity contribution in [2.45, 2.75) is 26.3 Å². The molecule has 0 spiro atoms. The van der Waals surface area contributed by atoms with Crippen molar-refractivity contribution in [2.75, 3.05) is 13.2 Å². The van der Waals surface area contributed by atoms with Gasteiger partial charge >= 0.3 is 5.97 Å². The van der Waals surface area contributed by atoms with E-state index in [0.29, 0.717) is 25.1 Å². The lowest BCUT2D eigenvalue weighted by molar-refractivity contribution is -0.147. The van der Waals surface area contributed by atoms with Gasteiger partial charge in [-0.2, -0.15) is 0 Å². The third-order valence-electron chi connectivity index (χ3n) is 1.74. The van der Waals surface area contributed by atoms with Crippen LogP contribution in [0.3, 0.4) is 0 Å². The number of morpholine rings is 1. The van der Waals surface area contributed by atoms with Gasteiger partial charge in [-0.3, -0.25) is 4.79 Å². The normalized spacial score (nSPS) is 25.4. The van der Waals surface area contributed by atoms with Gasteiger partial charge in [-0.25, -0.2) is 0 Å². The maximum absolute atomic E-state index is 10.6. The summed E-state index contributed by atoms with van der Waals surface area (Å²) in [5, 5.41) is 3.13. The SMILES string of the molecule is CC(C)C[C@H]1COC(=O)CN1. The van der Waals surface area contributed by atoms with E-state index in [4.69, 9.17) is 4.74 Å². The zero-order valence-electron chi connectivity index (χ0n) is 7.09. The van der Waals surface area contributed by atoms with Gasteiger partial charge in [-0.05, 0) is 12.3 Å².